The molecule has 0 aromatic carbocycles. The van der Waals surface area contributed by atoms with Crippen LogP contribution in [0.15, 0.2) is 48.6 Å². The largest absolute Gasteiger partial charge is 2.00 e. The molecule has 0 aliphatic carbocycles. The first kappa shape index (κ1) is 108. The fourth-order valence-electron chi connectivity index (χ4n) is 9.05. The SMILES string of the molecule is C.C.CCCCCCCCCCCC/C=C/CC(=O)OCC[S-].CCCCCCCCCCCC/C=C/CC(=O)OCC[S-].CCCCCCCCCCCC/C=C/CC(=O)OCC[S-].CCCCCCCCCCCC/C=C/CC(=O)OCC[S-].S.[Sn+2].[Sn+2]. The van der Waals surface area contributed by atoms with Crippen molar-refractivity contribution in [1.29, 1.82) is 0 Å². The first-order valence-electron chi connectivity index (χ1n) is 34.8. The molecule has 0 heterocycles. The molecule has 0 amide bonds. The molecule has 8 nitrogen and oxygen atoms in total. The number of hydrogen-bond donors (Lipinski definition) is 0. The van der Waals surface area contributed by atoms with Gasteiger partial charge in [-0.25, -0.2) is 0 Å². The summed E-state index contributed by atoms with van der Waals surface area (Å²) in [6.45, 7) is 10.5. The Bertz CT molecular complexity index is 1230. The van der Waals surface area contributed by atoms with Crippen LogP contribution < -0.4 is 0 Å². The van der Waals surface area contributed by atoms with E-state index in [1.54, 1.807) is 0 Å². The van der Waals surface area contributed by atoms with Crippen molar-refractivity contribution in [2.24, 2.45) is 0 Å². The molecule has 89 heavy (non-hydrogen) atoms. The van der Waals surface area contributed by atoms with Crippen molar-refractivity contribution >= 4 is 136 Å². The van der Waals surface area contributed by atoms with E-state index in [-0.39, 0.29) is 100 Å². The second kappa shape index (κ2) is 104. The van der Waals surface area contributed by atoms with Gasteiger partial charge in [-0.05, 0) is 51.4 Å². The van der Waals surface area contributed by atoms with Gasteiger partial charge in [0.1, 0.15) is 0 Å². The molecule has 0 saturated carbocycles. The molecule has 0 saturated heterocycles. The number of unbranched alkanes of at least 4 members (excludes halogenated alkanes) is 40. The Morgan fingerprint density at radius 3 is 0.517 bits per heavy atom. The Labute approximate surface area is 617 Å². The number of hydrogen-bond acceptors (Lipinski definition) is 12. The predicted octanol–water partition coefficient (Wildman–Crippen LogP) is 22.0. The van der Waals surface area contributed by atoms with Crippen LogP contribution in [0.1, 0.15) is 351 Å². The van der Waals surface area contributed by atoms with Crippen LogP contribution in [-0.4, -0.2) is 121 Å². The van der Waals surface area contributed by atoms with Crippen LogP contribution in [0.4, 0.5) is 0 Å². The zero-order valence-electron chi connectivity index (χ0n) is 56.6. The summed E-state index contributed by atoms with van der Waals surface area (Å²) in [5.41, 5.74) is 0. The maximum Gasteiger partial charge on any atom is 2.00 e. The minimum absolute atomic E-state index is 0. The summed E-state index contributed by atoms with van der Waals surface area (Å²) in [5.74, 6) is 1.25. The third-order valence-electron chi connectivity index (χ3n) is 14.1. The molecular formula is C74H142O8S5Sn2. The zero-order chi connectivity index (χ0) is 62.4. The van der Waals surface area contributed by atoms with Gasteiger partial charge in [-0.2, -0.15) is 13.5 Å². The van der Waals surface area contributed by atoms with E-state index in [2.05, 4.69) is 52.0 Å². The molecule has 0 fully saturated rings. The van der Waals surface area contributed by atoms with Gasteiger partial charge < -0.3 is 69.5 Å². The van der Waals surface area contributed by atoms with E-state index in [9.17, 15) is 19.2 Å². The van der Waals surface area contributed by atoms with Crippen molar-refractivity contribution in [2.45, 2.75) is 351 Å². The Hall–Kier alpha value is 0.187. The number of esters is 4. The van der Waals surface area contributed by atoms with E-state index in [1.165, 1.54) is 257 Å². The summed E-state index contributed by atoms with van der Waals surface area (Å²) < 4.78 is 19.6. The monoisotopic (exact) mass is 1560 g/mol. The van der Waals surface area contributed by atoms with Crippen LogP contribution in [-0.2, 0) is 88.6 Å². The van der Waals surface area contributed by atoms with E-state index in [4.69, 9.17) is 69.5 Å². The maximum atomic E-state index is 11.2. The van der Waals surface area contributed by atoms with Gasteiger partial charge in [-0.15, -0.1) is 23.0 Å². The summed E-state index contributed by atoms with van der Waals surface area (Å²) in [5, 5.41) is 0. The first-order chi connectivity index (χ1) is 41.2. The van der Waals surface area contributed by atoms with Crippen LogP contribution in [0.5, 0.6) is 0 Å². The minimum atomic E-state index is -0.167. The molecule has 0 rings (SSSR count). The fraction of sp³-hybridized carbons (Fsp3) is 0.838. The molecule has 4 radical (unpaired) electrons. The van der Waals surface area contributed by atoms with Gasteiger partial charge in [0.15, 0.2) is 0 Å². The van der Waals surface area contributed by atoms with Crippen molar-refractivity contribution < 1.29 is 38.1 Å². The van der Waals surface area contributed by atoms with Gasteiger partial charge in [-0.1, -0.05) is 322 Å². The second-order valence-corrected chi connectivity index (χ2v) is 23.9. The fourth-order valence-corrected chi connectivity index (χ4v) is 9.38. The standard InChI is InChI=1S/4C18H34O2S.2CH4.H2S.2Sn/c4*1-2-3-4-5-6-7-8-9-10-11-12-13-14-15-18(19)20-16-17-21;;;;;/h4*13-14,21H,2-12,15-17H2,1H3;2*1H4;1H2;;/q;;;;;;;2*+2/p-4/b4*14-13+;;;;;. The zero-order valence-corrected chi connectivity index (χ0v) is 66.6. The molecule has 524 valence electrons. The summed E-state index contributed by atoms with van der Waals surface area (Å²) in [6.07, 6.45) is 76.4. The van der Waals surface area contributed by atoms with Crippen molar-refractivity contribution in [3.63, 3.8) is 0 Å². The normalized spacial score (nSPS) is 10.5. The smallest absolute Gasteiger partial charge is 0.789 e. The Morgan fingerprint density at radius 1 is 0.247 bits per heavy atom. The molecule has 0 aromatic heterocycles. The van der Waals surface area contributed by atoms with E-state index >= 15 is 0 Å². The number of ether oxygens (including phenoxy) is 4. The summed E-state index contributed by atoms with van der Waals surface area (Å²) in [6, 6.07) is 0. The second-order valence-electron chi connectivity index (χ2n) is 22.3. The van der Waals surface area contributed by atoms with Crippen molar-refractivity contribution in [1.82, 2.24) is 0 Å². The average molecular weight is 1560 g/mol. The topological polar surface area (TPSA) is 105 Å². The molecule has 0 aromatic rings. The molecule has 0 bridgehead atoms. The summed E-state index contributed by atoms with van der Waals surface area (Å²) in [4.78, 5) is 44.7. The molecule has 0 aliphatic heterocycles. The van der Waals surface area contributed by atoms with E-state index in [0.29, 0.717) is 75.1 Å². The van der Waals surface area contributed by atoms with Gasteiger partial charge in [0.05, 0.1) is 52.1 Å². The quantitative estimate of drug-likeness (QED) is 0.0145. The average Bonchev–Trinajstić information content (AvgIpc) is 3.50. The Balaban J connectivity index is -0.000000134. The van der Waals surface area contributed by atoms with E-state index in [0.717, 1.165) is 25.7 Å². The molecule has 0 unspecified atom stereocenters. The van der Waals surface area contributed by atoms with Crippen LogP contribution in [0, 0.1) is 0 Å². The van der Waals surface area contributed by atoms with Crippen molar-refractivity contribution in [2.75, 3.05) is 49.4 Å². The van der Waals surface area contributed by atoms with Gasteiger partial charge in [-0.3, -0.25) is 19.2 Å². The third kappa shape index (κ3) is 113. The molecule has 0 spiro atoms. The molecule has 0 aliphatic rings. The van der Waals surface area contributed by atoms with Gasteiger partial charge in [0, 0.05) is 0 Å². The van der Waals surface area contributed by atoms with Crippen LogP contribution in [0.3, 0.4) is 0 Å². The van der Waals surface area contributed by atoms with Gasteiger partial charge in [0.25, 0.3) is 0 Å². The van der Waals surface area contributed by atoms with Crippen LogP contribution >= 0.6 is 13.5 Å². The van der Waals surface area contributed by atoms with Crippen molar-refractivity contribution in [3.8, 4) is 0 Å². The first-order valence-corrected chi connectivity index (χ1v) is 37.1. The van der Waals surface area contributed by atoms with Crippen molar-refractivity contribution in [3.05, 3.63) is 48.6 Å². The van der Waals surface area contributed by atoms with Crippen LogP contribution in [0.2, 0.25) is 0 Å². The Kier molecular flexibility index (Phi) is 126. The molecule has 15 heteroatoms. The molecule has 0 atom stereocenters. The molecular weight excluding hydrogens is 1410 g/mol. The van der Waals surface area contributed by atoms with Crippen LogP contribution in [0.25, 0.3) is 0 Å². The van der Waals surface area contributed by atoms with Gasteiger partial charge >= 0.3 is 71.7 Å². The summed E-state index contributed by atoms with van der Waals surface area (Å²) in [7, 11) is 0. The number of carbonyl (C=O) groups is 4. The maximum absolute atomic E-state index is 11.2. The minimum Gasteiger partial charge on any atom is -0.789 e. The van der Waals surface area contributed by atoms with E-state index in [1.807, 2.05) is 24.3 Å². The van der Waals surface area contributed by atoms with Gasteiger partial charge in [0.2, 0.25) is 0 Å². The summed E-state index contributed by atoms with van der Waals surface area (Å²) >= 11 is 18.9. The van der Waals surface area contributed by atoms with E-state index < -0.39 is 0 Å². The molecule has 0 N–H and O–H groups in total. The number of allylic oxidation sites excluding steroid dienone is 4. The predicted molar refractivity (Wildman–Crippen MR) is 409 cm³/mol. The number of carbonyl (C=O) groups excluding carboxylic acids is 4. The third-order valence-corrected chi connectivity index (χ3v) is 14.8. The number of rotatable bonds is 60. The Morgan fingerprint density at radius 2 is 0.382 bits per heavy atom.